The van der Waals surface area contributed by atoms with Gasteiger partial charge in [-0.05, 0) is 48.7 Å². The molecule has 0 saturated heterocycles. The molecule has 0 aliphatic carbocycles. The Kier molecular flexibility index (Phi) is 4.39. The minimum absolute atomic E-state index is 0.340. The maximum Gasteiger partial charge on any atom is 0.123 e. The fourth-order valence-electron chi connectivity index (χ4n) is 1.82. The second-order valence-electron chi connectivity index (χ2n) is 4.21. The van der Waals surface area contributed by atoms with Crippen molar-refractivity contribution in [3.05, 3.63) is 58.8 Å². The van der Waals surface area contributed by atoms with Crippen molar-refractivity contribution in [3.63, 3.8) is 0 Å². The summed E-state index contributed by atoms with van der Waals surface area (Å²) in [5.41, 5.74) is 0.628. The molecule has 2 rings (SSSR count). The van der Waals surface area contributed by atoms with E-state index < -0.39 is 6.10 Å². The number of benzene rings is 1. The molecule has 1 atom stereocenters. The molecule has 1 aromatic heterocycles. The zero-order valence-corrected chi connectivity index (χ0v) is 10.5. The summed E-state index contributed by atoms with van der Waals surface area (Å²) >= 11 is 5.94. The maximum absolute atomic E-state index is 13.1. The molecule has 1 aromatic carbocycles. The summed E-state index contributed by atoms with van der Waals surface area (Å²) in [6, 6.07) is 7.85. The third kappa shape index (κ3) is 3.59. The highest BCUT2D eigenvalue weighted by atomic mass is 35.5. The summed E-state index contributed by atoms with van der Waals surface area (Å²) in [7, 11) is 0. The topological polar surface area (TPSA) is 33.4 Å². The molecule has 18 heavy (non-hydrogen) atoms. The van der Waals surface area contributed by atoms with Gasteiger partial charge in [0.05, 0.1) is 12.4 Å². The van der Waals surface area contributed by atoms with Gasteiger partial charge < -0.3 is 9.52 Å². The van der Waals surface area contributed by atoms with Crippen LogP contribution in [0.4, 0.5) is 4.39 Å². The van der Waals surface area contributed by atoms with Crippen LogP contribution in [-0.2, 0) is 12.8 Å². The van der Waals surface area contributed by atoms with Crippen LogP contribution in [0.2, 0.25) is 5.02 Å². The van der Waals surface area contributed by atoms with Gasteiger partial charge in [0, 0.05) is 11.4 Å². The second-order valence-corrected chi connectivity index (χ2v) is 4.62. The Morgan fingerprint density at radius 3 is 2.89 bits per heavy atom. The number of hydrogen-bond donors (Lipinski definition) is 1. The Morgan fingerprint density at radius 1 is 1.33 bits per heavy atom. The van der Waals surface area contributed by atoms with Crippen LogP contribution in [0.5, 0.6) is 0 Å². The third-order valence-corrected chi connectivity index (χ3v) is 3.14. The Hall–Kier alpha value is -1.32. The summed E-state index contributed by atoms with van der Waals surface area (Å²) < 4.78 is 18.2. The van der Waals surface area contributed by atoms with Crippen LogP contribution in [0, 0.1) is 5.82 Å². The molecule has 0 fully saturated rings. The van der Waals surface area contributed by atoms with Crippen LogP contribution in [0.15, 0.2) is 41.0 Å². The van der Waals surface area contributed by atoms with E-state index in [0.29, 0.717) is 29.8 Å². The molecule has 0 amide bonds. The number of hydrogen-bond acceptors (Lipinski definition) is 2. The quantitative estimate of drug-likeness (QED) is 0.899. The van der Waals surface area contributed by atoms with E-state index in [0.717, 1.165) is 5.76 Å². The molecule has 0 bridgehead atoms. The first-order valence-corrected chi connectivity index (χ1v) is 6.17. The lowest BCUT2D eigenvalue weighted by Crippen LogP contribution is -2.12. The van der Waals surface area contributed by atoms with Crippen LogP contribution in [0.1, 0.15) is 17.7 Å². The van der Waals surface area contributed by atoms with Gasteiger partial charge in [0.2, 0.25) is 0 Å². The first-order chi connectivity index (χ1) is 8.65. The molecule has 1 heterocycles. The summed E-state index contributed by atoms with van der Waals surface area (Å²) in [5.74, 6) is 0.493. The van der Waals surface area contributed by atoms with Crippen LogP contribution in [0.3, 0.4) is 0 Å². The Morgan fingerprint density at radius 2 is 2.17 bits per heavy atom. The number of halogens is 2. The fraction of sp³-hybridized carbons (Fsp3) is 0.286. The molecule has 0 radical (unpaired) electrons. The van der Waals surface area contributed by atoms with Gasteiger partial charge in [-0.15, -0.1) is 0 Å². The summed E-state index contributed by atoms with van der Waals surface area (Å²) in [5, 5.41) is 10.4. The van der Waals surface area contributed by atoms with Crippen LogP contribution in [-0.4, -0.2) is 11.2 Å². The van der Waals surface area contributed by atoms with Gasteiger partial charge >= 0.3 is 0 Å². The van der Waals surface area contributed by atoms with E-state index in [1.165, 1.54) is 18.2 Å². The van der Waals surface area contributed by atoms with Gasteiger partial charge in [0.1, 0.15) is 11.6 Å². The highest BCUT2D eigenvalue weighted by Crippen LogP contribution is 2.20. The zero-order valence-electron chi connectivity index (χ0n) is 9.77. The zero-order chi connectivity index (χ0) is 13.0. The minimum Gasteiger partial charge on any atom is -0.469 e. The van der Waals surface area contributed by atoms with E-state index in [-0.39, 0.29) is 5.82 Å². The van der Waals surface area contributed by atoms with E-state index in [1.807, 2.05) is 12.1 Å². The second kappa shape index (κ2) is 6.03. The van der Waals surface area contributed by atoms with E-state index in [1.54, 1.807) is 6.26 Å². The number of aryl methyl sites for hydroxylation is 1. The van der Waals surface area contributed by atoms with Crippen LogP contribution >= 0.6 is 11.6 Å². The normalized spacial score (nSPS) is 12.6. The number of aliphatic hydroxyl groups excluding tert-OH is 1. The molecule has 0 spiro atoms. The monoisotopic (exact) mass is 268 g/mol. The van der Waals surface area contributed by atoms with Gasteiger partial charge in [0.25, 0.3) is 0 Å². The minimum atomic E-state index is -0.561. The molecular weight excluding hydrogens is 255 g/mol. The molecule has 1 N–H and O–H groups in total. The molecule has 0 saturated carbocycles. The van der Waals surface area contributed by atoms with Gasteiger partial charge in [-0.2, -0.15) is 0 Å². The first kappa shape index (κ1) is 13.1. The molecule has 4 heteroatoms. The predicted octanol–water partition coefficient (Wildman–Crippen LogP) is 3.61. The standard InChI is InChI=1S/C14H14ClFO2/c15-14-6-3-11(16)8-10(14)9-12(17)4-5-13-2-1-7-18-13/h1-3,6-8,12,17H,4-5,9H2. The third-order valence-electron chi connectivity index (χ3n) is 2.77. The Balaban J connectivity index is 1.90. The molecule has 1 unspecified atom stereocenters. The fourth-order valence-corrected chi connectivity index (χ4v) is 2.01. The van der Waals surface area contributed by atoms with E-state index in [2.05, 4.69) is 0 Å². The van der Waals surface area contributed by atoms with Crippen molar-refractivity contribution in [1.82, 2.24) is 0 Å². The van der Waals surface area contributed by atoms with Crippen LogP contribution in [0.25, 0.3) is 0 Å². The lowest BCUT2D eigenvalue weighted by atomic mass is 10.0. The SMILES string of the molecule is OC(CCc1ccco1)Cc1cc(F)ccc1Cl. The predicted molar refractivity (Wildman–Crippen MR) is 68.1 cm³/mol. The molecule has 2 aromatic rings. The highest BCUT2D eigenvalue weighted by Gasteiger charge is 2.10. The van der Waals surface area contributed by atoms with Crippen LogP contribution < -0.4 is 0 Å². The van der Waals surface area contributed by atoms with E-state index in [4.69, 9.17) is 16.0 Å². The van der Waals surface area contributed by atoms with Crippen molar-refractivity contribution in [3.8, 4) is 0 Å². The smallest absolute Gasteiger partial charge is 0.123 e. The maximum atomic E-state index is 13.1. The highest BCUT2D eigenvalue weighted by molar-refractivity contribution is 6.31. The molecule has 0 aliphatic heterocycles. The average molecular weight is 269 g/mol. The van der Waals surface area contributed by atoms with Crippen molar-refractivity contribution in [2.75, 3.05) is 0 Å². The lowest BCUT2D eigenvalue weighted by molar-refractivity contribution is 0.163. The number of rotatable bonds is 5. The number of aliphatic hydroxyl groups is 1. The van der Waals surface area contributed by atoms with Crippen molar-refractivity contribution in [1.29, 1.82) is 0 Å². The van der Waals surface area contributed by atoms with Gasteiger partial charge in [-0.3, -0.25) is 0 Å². The van der Waals surface area contributed by atoms with Gasteiger partial charge in [-0.1, -0.05) is 11.6 Å². The van der Waals surface area contributed by atoms with Crippen molar-refractivity contribution < 1.29 is 13.9 Å². The Labute approximate surface area is 110 Å². The van der Waals surface area contributed by atoms with Gasteiger partial charge in [-0.25, -0.2) is 4.39 Å². The molecule has 2 nitrogen and oxygen atoms in total. The van der Waals surface area contributed by atoms with Crippen molar-refractivity contribution >= 4 is 11.6 Å². The van der Waals surface area contributed by atoms with Crippen molar-refractivity contribution in [2.24, 2.45) is 0 Å². The molecule has 96 valence electrons. The van der Waals surface area contributed by atoms with E-state index >= 15 is 0 Å². The molecule has 0 aliphatic rings. The Bertz CT molecular complexity index is 497. The van der Waals surface area contributed by atoms with Crippen molar-refractivity contribution in [2.45, 2.75) is 25.4 Å². The van der Waals surface area contributed by atoms with Gasteiger partial charge in [0.15, 0.2) is 0 Å². The first-order valence-electron chi connectivity index (χ1n) is 5.79. The lowest BCUT2D eigenvalue weighted by Gasteiger charge is -2.11. The van der Waals surface area contributed by atoms with E-state index in [9.17, 15) is 9.50 Å². The summed E-state index contributed by atoms with van der Waals surface area (Å²) in [6.45, 7) is 0. The summed E-state index contributed by atoms with van der Waals surface area (Å²) in [4.78, 5) is 0. The molecular formula is C14H14ClFO2. The summed E-state index contributed by atoms with van der Waals surface area (Å²) in [6.07, 6.45) is 2.60. The average Bonchev–Trinajstić information content (AvgIpc) is 2.84. The largest absolute Gasteiger partial charge is 0.469 e. The number of furan rings is 1.